The van der Waals surface area contributed by atoms with Crippen LogP contribution in [0, 0.1) is 0 Å². The molecule has 2 nitrogen and oxygen atoms in total. The van der Waals surface area contributed by atoms with Crippen molar-refractivity contribution in [3.05, 3.63) is 35.4 Å². The maximum absolute atomic E-state index is 11.0. The van der Waals surface area contributed by atoms with E-state index in [0.29, 0.717) is 6.54 Å². The first-order valence-corrected chi connectivity index (χ1v) is 6.03. The second-order valence-corrected chi connectivity index (χ2v) is 5.20. The monoisotopic (exact) mass is 237 g/mol. The van der Waals surface area contributed by atoms with Crippen LogP contribution in [0.4, 0.5) is 0 Å². The van der Waals surface area contributed by atoms with Crippen molar-refractivity contribution < 1.29 is 4.79 Å². The third-order valence-corrected chi connectivity index (χ3v) is 2.74. The minimum atomic E-state index is -0.0387. The fourth-order valence-electron chi connectivity index (χ4n) is 1.38. The van der Waals surface area contributed by atoms with E-state index in [1.807, 2.05) is 0 Å². The summed E-state index contributed by atoms with van der Waals surface area (Å²) in [5.74, 6) is 0.198. The molecule has 0 aliphatic rings. The van der Waals surface area contributed by atoms with Gasteiger partial charge in [0.05, 0.1) is 5.75 Å². The maximum Gasteiger partial charge on any atom is 0.229 e. The van der Waals surface area contributed by atoms with Gasteiger partial charge in [0.2, 0.25) is 5.91 Å². The number of amides is 1. The summed E-state index contributed by atoms with van der Waals surface area (Å²) in [4.78, 5) is 11.0. The van der Waals surface area contributed by atoms with Crippen LogP contribution >= 0.6 is 12.6 Å². The molecule has 3 heteroatoms. The Morgan fingerprint density at radius 3 is 2.25 bits per heavy atom. The van der Waals surface area contributed by atoms with E-state index in [4.69, 9.17) is 0 Å². The smallest absolute Gasteiger partial charge is 0.229 e. The van der Waals surface area contributed by atoms with Crippen LogP contribution in [0.3, 0.4) is 0 Å². The summed E-state index contributed by atoms with van der Waals surface area (Å²) in [6.07, 6.45) is 0. The first kappa shape index (κ1) is 13.1. The van der Waals surface area contributed by atoms with E-state index in [-0.39, 0.29) is 17.1 Å². The van der Waals surface area contributed by atoms with Crippen LogP contribution < -0.4 is 5.32 Å². The van der Waals surface area contributed by atoms with Crippen LogP contribution in [-0.4, -0.2) is 11.7 Å². The number of carbonyl (C=O) groups excluding carboxylic acids is 1. The van der Waals surface area contributed by atoms with Gasteiger partial charge in [-0.15, -0.1) is 0 Å². The Morgan fingerprint density at radius 1 is 1.25 bits per heavy atom. The van der Waals surface area contributed by atoms with Gasteiger partial charge in [0, 0.05) is 6.54 Å². The summed E-state index contributed by atoms with van der Waals surface area (Å²) >= 11 is 3.90. The zero-order valence-electron chi connectivity index (χ0n) is 10.1. The molecular weight excluding hydrogens is 218 g/mol. The van der Waals surface area contributed by atoms with Gasteiger partial charge in [-0.2, -0.15) is 12.6 Å². The maximum atomic E-state index is 11.0. The molecule has 0 bridgehead atoms. The lowest BCUT2D eigenvalue weighted by Crippen LogP contribution is -2.23. The molecule has 0 radical (unpaired) electrons. The largest absolute Gasteiger partial charge is 0.351 e. The van der Waals surface area contributed by atoms with Crippen molar-refractivity contribution in [1.82, 2.24) is 5.32 Å². The number of hydrogen-bond donors (Lipinski definition) is 2. The van der Waals surface area contributed by atoms with Crippen molar-refractivity contribution in [2.24, 2.45) is 0 Å². The van der Waals surface area contributed by atoms with E-state index in [1.165, 1.54) is 5.56 Å². The van der Waals surface area contributed by atoms with Crippen molar-refractivity contribution in [3.63, 3.8) is 0 Å². The van der Waals surface area contributed by atoms with Crippen molar-refractivity contribution in [2.75, 3.05) is 5.75 Å². The molecule has 1 rings (SSSR count). The Kier molecular flexibility index (Phi) is 4.42. The van der Waals surface area contributed by atoms with E-state index in [9.17, 15) is 4.79 Å². The molecule has 88 valence electrons. The number of benzene rings is 1. The van der Waals surface area contributed by atoms with Crippen LogP contribution in [0.2, 0.25) is 0 Å². The first-order chi connectivity index (χ1) is 7.43. The fourth-order valence-corrected chi connectivity index (χ4v) is 1.49. The number of thiol groups is 1. The molecule has 1 amide bonds. The van der Waals surface area contributed by atoms with Crippen molar-refractivity contribution >= 4 is 18.5 Å². The zero-order chi connectivity index (χ0) is 12.2. The van der Waals surface area contributed by atoms with Crippen molar-refractivity contribution in [1.29, 1.82) is 0 Å². The molecule has 0 aromatic heterocycles. The van der Waals surface area contributed by atoms with Gasteiger partial charge in [0.25, 0.3) is 0 Å². The molecule has 0 saturated carbocycles. The van der Waals surface area contributed by atoms with Crippen LogP contribution in [0.25, 0.3) is 0 Å². The number of hydrogen-bond acceptors (Lipinski definition) is 2. The molecule has 0 atom stereocenters. The highest BCUT2D eigenvalue weighted by Gasteiger charge is 2.12. The molecule has 1 aromatic carbocycles. The van der Waals surface area contributed by atoms with Crippen molar-refractivity contribution in [3.8, 4) is 0 Å². The molecule has 1 aromatic rings. The highest BCUT2D eigenvalue weighted by molar-refractivity contribution is 7.81. The van der Waals surface area contributed by atoms with Crippen molar-refractivity contribution in [2.45, 2.75) is 32.7 Å². The molecule has 0 aliphatic carbocycles. The number of carbonyl (C=O) groups is 1. The van der Waals surface area contributed by atoms with E-state index in [1.54, 1.807) is 0 Å². The van der Waals surface area contributed by atoms with Crippen LogP contribution in [0.5, 0.6) is 0 Å². The normalized spacial score (nSPS) is 11.2. The standard InChI is InChI=1S/C13H19NOS/c1-13(2,3)11-6-4-10(5-7-11)8-14-12(15)9-16/h4-7,16H,8-9H2,1-3H3,(H,14,15). The Balaban J connectivity index is 2.62. The van der Waals surface area contributed by atoms with E-state index in [2.05, 4.69) is 63.0 Å². The first-order valence-electron chi connectivity index (χ1n) is 5.40. The SMILES string of the molecule is CC(C)(C)c1ccc(CNC(=O)CS)cc1. The van der Waals surface area contributed by atoms with Gasteiger partial charge >= 0.3 is 0 Å². The number of rotatable bonds is 3. The molecule has 1 N–H and O–H groups in total. The fraction of sp³-hybridized carbons (Fsp3) is 0.462. The lowest BCUT2D eigenvalue weighted by atomic mass is 9.87. The van der Waals surface area contributed by atoms with E-state index < -0.39 is 0 Å². The predicted octanol–water partition coefficient (Wildman–Crippen LogP) is 2.53. The highest BCUT2D eigenvalue weighted by atomic mass is 32.1. The van der Waals surface area contributed by atoms with E-state index >= 15 is 0 Å². The van der Waals surface area contributed by atoms with Crippen LogP contribution in [0.1, 0.15) is 31.9 Å². The predicted molar refractivity (Wildman–Crippen MR) is 70.8 cm³/mol. The van der Waals surface area contributed by atoms with Gasteiger partial charge in [-0.05, 0) is 16.5 Å². The summed E-state index contributed by atoms with van der Waals surface area (Å²) in [5.41, 5.74) is 2.59. The quantitative estimate of drug-likeness (QED) is 0.777. The average molecular weight is 237 g/mol. The van der Waals surface area contributed by atoms with Crippen LogP contribution in [0.15, 0.2) is 24.3 Å². The molecule has 0 heterocycles. The molecule has 0 aliphatic heterocycles. The van der Waals surface area contributed by atoms with E-state index in [0.717, 1.165) is 5.56 Å². The van der Waals surface area contributed by atoms with Gasteiger partial charge in [-0.1, -0.05) is 45.0 Å². The third-order valence-electron chi connectivity index (χ3n) is 2.45. The summed E-state index contributed by atoms with van der Waals surface area (Å²) in [6.45, 7) is 7.13. The second-order valence-electron chi connectivity index (χ2n) is 4.88. The van der Waals surface area contributed by atoms with Gasteiger partial charge in [-0.3, -0.25) is 4.79 Å². The Morgan fingerprint density at radius 2 is 1.81 bits per heavy atom. The summed E-state index contributed by atoms with van der Waals surface area (Å²) in [6, 6.07) is 8.34. The molecule has 16 heavy (non-hydrogen) atoms. The van der Waals surface area contributed by atoms with Crippen LogP contribution in [-0.2, 0) is 16.8 Å². The Labute approximate surface area is 103 Å². The second kappa shape index (κ2) is 5.39. The topological polar surface area (TPSA) is 29.1 Å². The molecular formula is C13H19NOS. The molecule has 0 spiro atoms. The van der Waals surface area contributed by atoms with Gasteiger partial charge in [-0.25, -0.2) is 0 Å². The summed E-state index contributed by atoms with van der Waals surface area (Å²) in [7, 11) is 0. The molecule has 0 saturated heterocycles. The third kappa shape index (κ3) is 3.89. The summed E-state index contributed by atoms with van der Waals surface area (Å²) < 4.78 is 0. The van der Waals surface area contributed by atoms with Gasteiger partial charge in [0.1, 0.15) is 0 Å². The van der Waals surface area contributed by atoms with Gasteiger partial charge in [0.15, 0.2) is 0 Å². The molecule has 0 fully saturated rings. The highest BCUT2D eigenvalue weighted by Crippen LogP contribution is 2.21. The molecule has 0 unspecified atom stereocenters. The zero-order valence-corrected chi connectivity index (χ0v) is 11.0. The average Bonchev–Trinajstić information content (AvgIpc) is 2.25. The summed E-state index contributed by atoms with van der Waals surface area (Å²) in [5, 5.41) is 2.79. The lowest BCUT2D eigenvalue weighted by Gasteiger charge is -2.19. The Bertz CT molecular complexity index is 351. The number of nitrogens with one attached hydrogen (secondary N) is 1. The minimum Gasteiger partial charge on any atom is -0.351 e. The minimum absolute atomic E-state index is 0.0387. The van der Waals surface area contributed by atoms with Gasteiger partial charge < -0.3 is 5.32 Å². The lowest BCUT2D eigenvalue weighted by molar-refractivity contribution is -0.118. The Hall–Kier alpha value is -0.960.